The molecular weight excluding hydrogens is 389 g/mol. The number of ether oxygens (including phenoxy) is 1. The summed E-state index contributed by atoms with van der Waals surface area (Å²) in [5, 5.41) is 24.9. The molecule has 0 aromatic carbocycles. The first kappa shape index (κ1) is 17.2. The van der Waals surface area contributed by atoms with Gasteiger partial charge in [0, 0.05) is 0 Å². The zero-order chi connectivity index (χ0) is 17.4. The Kier molecular flexibility index (Phi) is 4.92. The Labute approximate surface area is 152 Å². The fraction of sp³-hybridized carbons (Fsp3) is 0.688. The molecule has 9 heteroatoms. The number of nitrogens with zero attached hydrogens (tertiary/aromatic N) is 4. The second-order valence-corrected chi connectivity index (χ2v) is 8.58. The summed E-state index contributed by atoms with van der Waals surface area (Å²) in [4.78, 5) is 13.1. The molecular formula is C16H23N5O3Se. The van der Waals surface area contributed by atoms with Crippen LogP contribution in [0.3, 0.4) is 0 Å². The summed E-state index contributed by atoms with van der Waals surface area (Å²) >= 11 is 0.359. The van der Waals surface area contributed by atoms with Gasteiger partial charge in [0.25, 0.3) is 0 Å². The van der Waals surface area contributed by atoms with E-state index in [2.05, 4.69) is 26.1 Å². The van der Waals surface area contributed by atoms with Crippen LogP contribution < -0.4 is 5.32 Å². The molecule has 2 aromatic rings. The molecule has 0 radical (unpaired) electrons. The van der Waals surface area contributed by atoms with Gasteiger partial charge in [0.1, 0.15) is 0 Å². The molecule has 4 rings (SSSR count). The number of nitrogens with one attached hydrogen (secondary N) is 1. The zero-order valence-electron chi connectivity index (χ0n) is 14.1. The van der Waals surface area contributed by atoms with Gasteiger partial charge in [-0.25, -0.2) is 0 Å². The monoisotopic (exact) mass is 413 g/mol. The Morgan fingerprint density at radius 1 is 1.24 bits per heavy atom. The maximum atomic E-state index is 10.4. The third-order valence-electron chi connectivity index (χ3n) is 5.00. The third-order valence-corrected chi connectivity index (χ3v) is 6.39. The molecule has 0 bridgehead atoms. The van der Waals surface area contributed by atoms with E-state index >= 15 is 0 Å². The van der Waals surface area contributed by atoms with E-state index in [0.717, 1.165) is 24.0 Å². The minimum atomic E-state index is -0.994. The first-order valence-corrected chi connectivity index (χ1v) is 11.6. The fourth-order valence-corrected chi connectivity index (χ4v) is 4.94. The van der Waals surface area contributed by atoms with Crippen LogP contribution in [-0.2, 0) is 4.74 Å². The Morgan fingerprint density at radius 3 is 2.80 bits per heavy atom. The molecule has 1 aliphatic heterocycles. The molecule has 25 heavy (non-hydrogen) atoms. The van der Waals surface area contributed by atoms with Gasteiger partial charge in [-0.3, -0.25) is 0 Å². The molecule has 136 valence electrons. The summed E-state index contributed by atoms with van der Waals surface area (Å²) < 4.78 is 7.61. The van der Waals surface area contributed by atoms with E-state index in [9.17, 15) is 10.2 Å². The molecule has 3 heterocycles. The first-order chi connectivity index (χ1) is 12.2. The molecule has 1 aliphatic carbocycles. The van der Waals surface area contributed by atoms with Crippen molar-refractivity contribution in [2.75, 3.05) is 5.32 Å². The molecule has 1 saturated heterocycles. The fourth-order valence-electron chi connectivity index (χ4n) is 3.67. The Balaban J connectivity index is 1.62. The molecule has 0 amide bonds. The van der Waals surface area contributed by atoms with Crippen molar-refractivity contribution in [2.45, 2.75) is 67.4 Å². The molecule has 2 aliphatic rings. The van der Waals surface area contributed by atoms with Gasteiger partial charge in [-0.05, 0) is 0 Å². The Hall–Kier alpha value is -1.25. The molecule has 3 N–H and O–H groups in total. The van der Waals surface area contributed by atoms with Gasteiger partial charge in [-0.2, -0.15) is 0 Å². The third kappa shape index (κ3) is 3.15. The van der Waals surface area contributed by atoms with Gasteiger partial charge >= 0.3 is 152 Å². The number of imidazole rings is 1. The Morgan fingerprint density at radius 2 is 2.04 bits per heavy atom. The molecule has 4 atom stereocenters. The van der Waals surface area contributed by atoms with Gasteiger partial charge in [-0.15, -0.1) is 0 Å². The standard InChI is InChI=1S/C16H23N5O3Se/c1-25-6-10-12(22)13(23)16(24-10)21-8-19-11-14(17-7-18-15(11)21)20-9-4-2-3-5-9/h7-10,12-13,16,22-23H,2-6H2,1H3,(H,17,18,20). The van der Waals surface area contributed by atoms with Crippen molar-refractivity contribution < 1.29 is 14.9 Å². The van der Waals surface area contributed by atoms with Crippen molar-refractivity contribution in [1.29, 1.82) is 0 Å². The normalized spacial score (nSPS) is 30.4. The minimum absolute atomic E-state index is 0.347. The second kappa shape index (κ2) is 7.17. The second-order valence-electron chi connectivity index (χ2n) is 6.67. The van der Waals surface area contributed by atoms with Gasteiger partial charge in [-0.1, -0.05) is 0 Å². The van der Waals surface area contributed by atoms with Crippen molar-refractivity contribution in [2.24, 2.45) is 0 Å². The van der Waals surface area contributed by atoms with Crippen LogP contribution in [0.2, 0.25) is 11.1 Å². The predicted molar refractivity (Wildman–Crippen MR) is 93.6 cm³/mol. The number of aliphatic hydroxyl groups is 2. The average Bonchev–Trinajstić information content (AvgIpc) is 3.32. The van der Waals surface area contributed by atoms with Crippen LogP contribution in [0.4, 0.5) is 5.82 Å². The van der Waals surface area contributed by atoms with Crippen molar-refractivity contribution in [3.8, 4) is 0 Å². The van der Waals surface area contributed by atoms with E-state index in [1.807, 2.05) is 0 Å². The van der Waals surface area contributed by atoms with E-state index in [1.165, 1.54) is 19.2 Å². The van der Waals surface area contributed by atoms with Crippen molar-refractivity contribution in [1.82, 2.24) is 19.5 Å². The number of aromatic nitrogens is 4. The molecule has 4 unspecified atom stereocenters. The van der Waals surface area contributed by atoms with Gasteiger partial charge in [0.2, 0.25) is 0 Å². The summed E-state index contributed by atoms with van der Waals surface area (Å²) in [5.74, 6) is 2.81. The van der Waals surface area contributed by atoms with Gasteiger partial charge in [0.15, 0.2) is 0 Å². The van der Waals surface area contributed by atoms with Crippen LogP contribution in [-0.4, -0.2) is 69.0 Å². The van der Waals surface area contributed by atoms with E-state index < -0.39 is 18.4 Å². The van der Waals surface area contributed by atoms with Crippen molar-refractivity contribution in [3.05, 3.63) is 12.7 Å². The summed E-state index contributed by atoms with van der Waals surface area (Å²) in [6.07, 6.45) is 4.96. The van der Waals surface area contributed by atoms with Crippen LogP contribution >= 0.6 is 0 Å². The van der Waals surface area contributed by atoms with E-state index in [1.54, 1.807) is 10.9 Å². The van der Waals surface area contributed by atoms with E-state index in [4.69, 9.17) is 4.74 Å². The number of rotatable bonds is 5. The number of hydrogen-bond acceptors (Lipinski definition) is 7. The number of hydrogen-bond donors (Lipinski definition) is 3. The zero-order valence-corrected chi connectivity index (χ0v) is 15.8. The van der Waals surface area contributed by atoms with Gasteiger partial charge < -0.3 is 0 Å². The first-order valence-electron chi connectivity index (χ1n) is 8.63. The van der Waals surface area contributed by atoms with Crippen molar-refractivity contribution >= 4 is 31.9 Å². The Bertz CT molecular complexity index is 736. The molecule has 0 spiro atoms. The van der Waals surface area contributed by atoms with E-state index in [-0.39, 0.29) is 6.10 Å². The number of aliphatic hydroxyl groups excluding tert-OH is 2. The van der Waals surface area contributed by atoms with Crippen molar-refractivity contribution in [3.63, 3.8) is 0 Å². The summed E-state index contributed by atoms with van der Waals surface area (Å²) in [6.45, 7) is 0. The number of fused-ring (bicyclic) bond motifs is 1. The van der Waals surface area contributed by atoms with Crippen LogP contribution in [0.25, 0.3) is 11.2 Å². The number of anilines is 1. The molecule has 2 aromatic heterocycles. The topological polar surface area (TPSA) is 105 Å². The summed E-state index contributed by atoms with van der Waals surface area (Å²) in [5.41, 5.74) is 1.28. The van der Waals surface area contributed by atoms with Gasteiger partial charge in [0.05, 0.1) is 0 Å². The quantitative estimate of drug-likeness (QED) is 0.629. The van der Waals surface area contributed by atoms with Crippen LogP contribution in [0, 0.1) is 0 Å². The molecule has 8 nitrogen and oxygen atoms in total. The van der Waals surface area contributed by atoms with Crippen LogP contribution in [0.5, 0.6) is 0 Å². The summed E-state index contributed by atoms with van der Waals surface area (Å²) in [7, 11) is 0. The van der Waals surface area contributed by atoms with E-state index in [0.29, 0.717) is 32.2 Å². The molecule has 1 saturated carbocycles. The summed E-state index contributed by atoms with van der Waals surface area (Å²) in [6, 6.07) is 0.426. The molecule has 2 fully saturated rings. The average molecular weight is 412 g/mol. The predicted octanol–water partition coefficient (Wildman–Crippen LogP) is 0.971. The van der Waals surface area contributed by atoms with Crippen LogP contribution in [0.1, 0.15) is 31.9 Å². The van der Waals surface area contributed by atoms with Crippen LogP contribution in [0.15, 0.2) is 12.7 Å². The maximum absolute atomic E-state index is 10.4. The SMILES string of the molecule is C[Se]CC1OC(n2cnc3c(NC4CCCC4)ncnc32)C(O)C1O.